The molecule has 180 valence electrons. The third-order valence-electron chi connectivity index (χ3n) is 4.71. The molecule has 0 fully saturated rings. The molecule has 2 aromatic rings. The SMILES string of the molecule is CCNC(=O)[C@H](C)N(Cc1ccc(Cl)c(Cl)c1)C(=O)CN(c1cc(Cl)ccc1Cl)S(C)(=O)=O. The van der Waals surface area contributed by atoms with E-state index in [1.807, 2.05) is 0 Å². The molecule has 0 aromatic heterocycles. The molecule has 1 N–H and O–H groups in total. The van der Waals surface area contributed by atoms with Crippen LogP contribution in [0.2, 0.25) is 20.1 Å². The van der Waals surface area contributed by atoms with Crippen LogP contribution in [0, 0.1) is 0 Å². The first-order valence-electron chi connectivity index (χ1n) is 9.79. The van der Waals surface area contributed by atoms with Crippen LogP contribution in [0.25, 0.3) is 0 Å². The maximum atomic E-state index is 13.4. The number of carbonyl (C=O) groups excluding carboxylic acids is 2. The van der Waals surface area contributed by atoms with Crippen LogP contribution in [0.3, 0.4) is 0 Å². The number of nitrogens with zero attached hydrogens (tertiary/aromatic N) is 2. The van der Waals surface area contributed by atoms with Crippen molar-refractivity contribution in [3.05, 3.63) is 62.1 Å². The summed E-state index contributed by atoms with van der Waals surface area (Å²) in [4.78, 5) is 27.2. The summed E-state index contributed by atoms with van der Waals surface area (Å²) in [5.74, 6) is -1.01. The van der Waals surface area contributed by atoms with E-state index in [1.54, 1.807) is 32.0 Å². The molecule has 0 saturated heterocycles. The number of sulfonamides is 1. The fourth-order valence-corrected chi connectivity index (χ4v) is 4.62. The number of anilines is 1. The number of rotatable bonds is 9. The van der Waals surface area contributed by atoms with Crippen molar-refractivity contribution in [2.75, 3.05) is 23.7 Å². The number of halogens is 4. The van der Waals surface area contributed by atoms with E-state index in [2.05, 4.69) is 5.32 Å². The van der Waals surface area contributed by atoms with Gasteiger partial charge in [-0.25, -0.2) is 8.42 Å². The average molecular weight is 555 g/mol. The zero-order chi connectivity index (χ0) is 24.9. The smallest absolute Gasteiger partial charge is 0.244 e. The predicted molar refractivity (Wildman–Crippen MR) is 134 cm³/mol. The van der Waals surface area contributed by atoms with Gasteiger partial charge in [-0.3, -0.25) is 13.9 Å². The molecule has 2 aromatic carbocycles. The summed E-state index contributed by atoms with van der Waals surface area (Å²) in [5.41, 5.74) is 0.667. The number of benzene rings is 2. The lowest BCUT2D eigenvalue weighted by molar-refractivity contribution is -0.139. The maximum absolute atomic E-state index is 13.4. The van der Waals surface area contributed by atoms with Crippen LogP contribution >= 0.6 is 46.4 Å². The minimum atomic E-state index is -3.92. The Morgan fingerprint density at radius 1 is 1.00 bits per heavy atom. The molecule has 0 aliphatic heterocycles. The number of likely N-dealkylation sites (N-methyl/N-ethyl adjacent to an activating group) is 1. The van der Waals surface area contributed by atoms with E-state index in [4.69, 9.17) is 46.4 Å². The van der Waals surface area contributed by atoms with Gasteiger partial charge in [-0.05, 0) is 49.7 Å². The highest BCUT2D eigenvalue weighted by Gasteiger charge is 2.30. The van der Waals surface area contributed by atoms with Crippen LogP contribution in [0.4, 0.5) is 5.69 Å². The van der Waals surface area contributed by atoms with Crippen molar-refractivity contribution < 1.29 is 18.0 Å². The van der Waals surface area contributed by atoms with Gasteiger partial charge in [0.1, 0.15) is 12.6 Å². The molecule has 2 amide bonds. The summed E-state index contributed by atoms with van der Waals surface area (Å²) in [5, 5.41) is 3.65. The topological polar surface area (TPSA) is 86.8 Å². The van der Waals surface area contributed by atoms with E-state index in [9.17, 15) is 18.0 Å². The second kappa shape index (κ2) is 11.6. The fourth-order valence-electron chi connectivity index (χ4n) is 3.01. The van der Waals surface area contributed by atoms with E-state index in [1.165, 1.54) is 23.1 Å². The number of carbonyl (C=O) groups is 2. The second-order valence-electron chi connectivity index (χ2n) is 7.21. The first-order valence-corrected chi connectivity index (χ1v) is 13.1. The second-order valence-corrected chi connectivity index (χ2v) is 10.8. The fraction of sp³-hybridized carbons (Fsp3) is 0.333. The zero-order valence-electron chi connectivity index (χ0n) is 18.1. The molecule has 0 aliphatic carbocycles. The first-order chi connectivity index (χ1) is 15.3. The summed E-state index contributed by atoms with van der Waals surface area (Å²) in [6.45, 7) is 3.07. The van der Waals surface area contributed by atoms with Gasteiger partial charge in [0.05, 0.1) is 27.0 Å². The van der Waals surface area contributed by atoms with Crippen molar-refractivity contribution in [1.82, 2.24) is 10.2 Å². The van der Waals surface area contributed by atoms with Crippen LogP contribution in [-0.2, 0) is 26.2 Å². The Bertz CT molecular complexity index is 1140. The van der Waals surface area contributed by atoms with Crippen LogP contribution in [0.15, 0.2) is 36.4 Å². The van der Waals surface area contributed by atoms with Crippen molar-refractivity contribution in [2.45, 2.75) is 26.4 Å². The molecule has 1 atom stereocenters. The summed E-state index contributed by atoms with van der Waals surface area (Å²) >= 11 is 24.3. The number of hydrogen-bond donors (Lipinski definition) is 1. The van der Waals surface area contributed by atoms with Gasteiger partial charge in [-0.2, -0.15) is 0 Å². The van der Waals surface area contributed by atoms with Crippen LogP contribution in [0.1, 0.15) is 19.4 Å². The highest BCUT2D eigenvalue weighted by Crippen LogP contribution is 2.31. The molecule has 33 heavy (non-hydrogen) atoms. The molecule has 0 bridgehead atoms. The van der Waals surface area contributed by atoms with Gasteiger partial charge in [-0.1, -0.05) is 52.5 Å². The Labute approximate surface area is 213 Å². The van der Waals surface area contributed by atoms with Gasteiger partial charge in [-0.15, -0.1) is 0 Å². The summed E-state index contributed by atoms with van der Waals surface area (Å²) in [6, 6.07) is 8.22. The molecule has 2 rings (SSSR count). The number of nitrogens with one attached hydrogen (secondary N) is 1. The molecular weight excluding hydrogens is 532 g/mol. The Balaban J connectivity index is 2.45. The molecule has 0 unspecified atom stereocenters. The minimum Gasteiger partial charge on any atom is -0.355 e. The molecule has 0 radical (unpaired) electrons. The molecule has 0 aliphatic rings. The van der Waals surface area contributed by atoms with Crippen LogP contribution in [0.5, 0.6) is 0 Å². The summed E-state index contributed by atoms with van der Waals surface area (Å²) in [6.07, 6.45) is 0.952. The van der Waals surface area contributed by atoms with E-state index >= 15 is 0 Å². The van der Waals surface area contributed by atoms with Crippen molar-refractivity contribution in [3.63, 3.8) is 0 Å². The largest absolute Gasteiger partial charge is 0.355 e. The number of amides is 2. The van der Waals surface area contributed by atoms with Crippen LogP contribution < -0.4 is 9.62 Å². The van der Waals surface area contributed by atoms with Crippen molar-refractivity contribution >= 4 is 73.9 Å². The Hall–Kier alpha value is -1.71. The van der Waals surface area contributed by atoms with Gasteiger partial charge in [0.15, 0.2) is 0 Å². The number of hydrogen-bond acceptors (Lipinski definition) is 4. The van der Waals surface area contributed by atoms with E-state index in [0.29, 0.717) is 17.1 Å². The zero-order valence-corrected chi connectivity index (χ0v) is 22.0. The predicted octanol–water partition coefficient (Wildman–Crippen LogP) is 4.62. The normalized spacial score (nSPS) is 12.2. The van der Waals surface area contributed by atoms with E-state index in [-0.39, 0.29) is 27.3 Å². The standard InChI is InChI=1S/C21H23Cl4N3O4S/c1-4-26-21(30)13(2)27(11-14-5-7-16(23)18(25)9-14)20(29)12-28(33(3,31)32)19-10-15(22)6-8-17(19)24/h5-10,13H,4,11-12H2,1-3H3,(H,26,30)/t13-/m0/s1. The van der Waals surface area contributed by atoms with Gasteiger partial charge in [0, 0.05) is 18.1 Å². The Morgan fingerprint density at radius 3 is 2.21 bits per heavy atom. The van der Waals surface area contributed by atoms with E-state index in [0.717, 1.165) is 10.6 Å². The van der Waals surface area contributed by atoms with Gasteiger partial charge < -0.3 is 10.2 Å². The highest BCUT2D eigenvalue weighted by atomic mass is 35.5. The molecule has 0 saturated carbocycles. The lowest BCUT2D eigenvalue weighted by Gasteiger charge is -2.31. The lowest BCUT2D eigenvalue weighted by Crippen LogP contribution is -2.51. The van der Waals surface area contributed by atoms with Crippen molar-refractivity contribution in [1.29, 1.82) is 0 Å². The molecule has 12 heteroatoms. The maximum Gasteiger partial charge on any atom is 0.244 e. The van der Waals surface area contributed by atoms with E-state index < -0.39 is 34.4 Å². The lowest BCUT2D eigenvalue weighted by atomic mass is 10.1. The molecule has 0 heterocycles. The van der Waals surface area contributed by atoms with Crippen LogP contribution in [-0.4, -0.2) is 50.5 Å². The highest BCUT2D eigenvalue weighted by molar-refractivity contribution is 7.92. The van der Waals surface area contributed by atoms with Crippen molar-refractivity contribution in [2.24, 2.45) is 0 Å². The minimum absolute atomic E-state index is 0.00506. The molecule has 0 spiro atoms. The quantitative estimate of drug-likeness (QED) is 0.490. The monoisotopic (exact) mass is 553 g/mol. The van der Waals surface area contributed by atoms with Gasteiger partial charge in [0.25, 0.3) is 0 Å². The molecule has 7 nitrogen and oxygen atoms in total. The van der Waals surface area contributed by atoms with Gasteiger partial charge in [0.2, 0.25) is 21.8 Å². The third kappa shape index (κ3) is 7.39. The Morgan fingerprint density at radius 2 is 1.64 bits per heavy atom. The summed E-state index contributed by atoms with van der Waals surface area (Å²) < 4.78 is 25.9. The van der Waals surface area contributed by atoms with Gasteiger partial charge >= 0.3 is 0 Å². The Kier molecular flexibility index (Phi) is 9.70. The molecular formula is C21H23Cl4N3O4S. The van der Waals surface area contributed by atoms with Crippen molar-refractivity contribution in [3.8, 4) is 0 Å². The first kappa shape index (κ1) is 27.5. The average Bonchev–Trinajstić information content (AvgIpc) is 2.73. The third-order valence-corrected chi connectivity index (χ3v) is 7.13. The summed E-state index contributed by atoms with van der Waals surface area (Å²) in [7, 11) is -3.92.